The zero-order valence-corrected chi connectivity index (χ0v) is 15.0. The molecule has 1 fully saturated rings. The van der Waals surface area contributed by atoms with Gasteiger partial charge < -0.3 is 14.0 Å². The molecule has 1 saturated heterocycles. The summed E-state index contributed by atoms with van der Waals surface area (Å²) in [6.45, 7) is 8.31. The lowest BCUT2D eigenvalue weighted by Gasteiger charge is -2.32. The van der Waals surface area contributed by atoms with Crippen molar-refractivity contribution in [1.29, 1.82) is 0 Å². The van der Waals surface area contributed by atoms with Gasteiger partial charge in [0.05, 0.1) is 17.7 Å². The highest BCUT2D eigenvalue weighted by Crippen LogP contribution is 2.36. The topological polar surface area (TPSA) is 45.5 Å². The molecule has 1 aromatic carbocycles. The van der Waals surface area contributed by atoms with E-state index in [1.54, 1.807) is 23.0 Å². The van der Waals surface area contributed by atoms with Gasteiger partial charge in [0.1, 0.15) is 5.75 Å². The molecule has 5 nitrogen and oxygen atoms in total. The zero-order valence-electron chi connectivity index (χ0n) is 15.0. The molecule has 0 aliphatic carbocycles. The monoisotopic (exact) mass is 368 g/mol. The summed E-state index contributed by atoms with van der Waals surface area (Å²) in [7, 11) is -0.503. The first kappa shape index (κ1) is 18.8. The number of aromatic nitrogens is 2. The number of benzene rings is 1. The Morgan fingerprint density at radius 3 is 2.19 bits per heavy atom. The van der Waals surface area contributed by atoms with Gasteiger partial charge in [0.25, 0.3) is 0 Å². The molecule has 0 spiro atoms. The van der Waals surface area contributed by atoms with Crippen LogP contribution in [0.15, 0.2) is 36.7 Å². The van der Waals surface area contributed by atoms with E-state index in [-0.39, 0.29) is 5.75 Å². The lowest BCUT2D eigenvalue weighted by Crippen LogP contribution is -2.41. The normalized spacial score (nSPS) is 19.0. The maximum absolute atomic E-state index is 12.2. The first-order chi connectivity index (χ1) is 12.0. The number of nitrogens with zero attached hydrogens (tertiary/aromatic N) is 2. The van der Waals surface area contributed by atoms with Crippen molar-refractivity contribution in [2.24, 2.45) is 0 Å². The van der Waals surface area contributed by atoms with Crippen LogP contribution in [-0.2, 0) is 15.9 Å². The fraction of sp³-hybridized carbons (Fsp3) is 0.471. The predicted molar refractivity (Wildman–Crippen MR) is 90.2 cm³/mol. The van der Waals surface area contributed by atoms with Crippen LogP contribution in [0, 0.1) is 0 Å². The van der Waals surface area contributed by atoms with Gasteiger partial charge in [-0.25, -0.2) is 0 Å². The van der Waals surface area contributed by atoms with Crippen LogP contribution in [0.25, 0.3) is 0 Å². The summed E-state index contributed by atoms with van der Waals surface area (Å²) < 4.78 is 54.1. The molecule has 1 aliphatic rings. The Hall–Kier alpha value is -2.00. The average Bonchev–Trinajstić information content (AvgIpc) is 3.02. The molecular weight excluding hydrogens is 348 g/mol. The average molecular weight is 368 g/mol. The fourth-order valence-electron chi connectivity index (χ4n) is 2.55. The van der Waals surface area contributed by atoms with Crippen molar-refractivity contribution in [2.75, 3.05) is 0 Å². The Bertz CT molecular complexity index is 756. The summed E-state index contributed by atoms with van der Waals surface area (Å²) in [5, 5.41) is 4.28. The quantitative estimate of drug-likeness (QED) is 0.778. The second-order valence-electron chi connectivity index (χ2n) is 7.25. The van der Waals surface area contributed by atoms with E-state index in [4.69, 9.17) is 9.31 Å². The Morgan fingerprint density at radius 2 is 1.65 bits per heavy atom. The highest BCUT2D eigenvalue weighted by atomic mass is 19.4. The Balaban J connectivity index is 1.66. The van der Waals surface area contributed by atoms with Gasteiger partial charge >= 0.3 is 13.5 Å². The molecule has 9 heteroatoms. The van der Waals surface area contributed by atoms with Crippen molar-refractivity contribution in [1.82, 2.24) is 9.78 Å². The van der Waals surface area contributed by atoms with E-state index in [0.29, 0.717) is 6.54 Å². The lowest BCUT2D eigenvalue weighted by atomic mass is 9.82. The molecule has 2 aromatic rings. The minimum Gasteiger partial charge on any atom is -0.406 e. The Morgan fingerprint density at radius 1 is 1.08 bits per heavy atom. The van der Waals surface area contributed by atoms with Crippen LogP contribution in [0.3, 0.4) is 0 Å². The largest absolute Gasteiger partial charge is 0.573 e. The van der Waals surface area contributed by atoms with Crippen LogP contribution in [0.2, 0.25) is 0 Å². The van der Waals surface area contributed by atoms with Crippen molar-refractivity contribution in [3.63, 3.8) is 0 Å². The first-order valence-electron chi connectivity index (χ1n) is 8.18. The second-order valence-corrected chi connectivity index (χ2v) is 7.25. The third-order valence-electron chi connectivity index (χ3n) is 4.68. The molecule has 1 aliphatic heterocycles. The summed E-state index contributed by atoms with van der Waals surface area (Å²) in [4.78, 5) is 0. The summed E-state index contributed by atoms with van der Waals surface area (Å²) in [5.41, 5.74) is 0.714. The molecule has 0 saturated carbocycles. The SMILES string of the molecule is CC1(C)OB(c2cnn(Cc3ccc(OC(F)(F)F)cc3)c2)OC1(C)C. The number of hydrogen-bond acceptors (Lipinski definition) is 4. The number of alkyl halides is 3. The number of ether oxygens (including phenoxy) is 1. The smallest absolute Gasteiger partial charge is 0.406 e. The van der Waals surface area contributed by atoms with Gasteiger partial charge in [-0.15, -0.1) is 13.2 Å². The third-order valence-corrected chi connectivity index (χ3v) is 4.68. The van der Waals surface area contributed by atoms with E-state index < -0.39 is 24.7 Å². The molecule has 0 unspecified atom stereocenters. The van der Waals surface area contributed by atoms with Crippen molar-refractivity contribution in [2.45, 2.75) is 51.8 Å². The standard InChI is InChI=1S/C17H20BF3N2O3/c1-15(2)16(3,4)26-18(25-15)13-9-22-23(11-13)10-12-5-7-14(8-6-12)24-17(19,20)21/h5-9,11H,10H2,1-4H3. The minimum atomic E-state index is -4.69. The Kier molecular flexibility index (Phi) is 4.56. The lowest BCUT2D eigenvalue weighted by molar-refractivity contribution is -0.274. The summed E-state index contributed by atoms with van der Waals surface area (Å²) in [6.07, 6.45) is -1.22. The molecule has 2 heterocycles. The molecule has 26 heavy (non-hydrogen) atoms. The maximum Gasteiger partial charge on any atom is 0.573 e. The summed E-state index contributed by atoms with van der Waals surface area (Å²) >= 11 is 0. The van der Waals surface area contributed by atoms with Crippen LogP contribution in [0.5, 0.6) is 5.75 Å². The Labute approximate surface area is 150 Å². The summed E-state index contributed by atoms with van der Waals surface area (Å²) in [6, 6.07) is 5.69. The van der Waals surface area contributed by atoms with Crippen LogP contribution >= 0.6 is 0 Å². The molecule has 0 amide bonds. The minimum absolute atomic E-state index is 0.250. The van der Waals surface area contributed by atoms with E-state index in [0.717, 1.165) is 11.0 Å². The highest BCUT2D eigenvalue weighted by Gasteiger charge is 2.52. The van der Waals surface area contributed by atoms with Crippen molar-refractivity contribution in [3.05, 3.63) is 42.2 Å². The van der Waals surface area contributed by atoms with Gasteiger partial charge in [-0.1, -0.05) is 12.1 Å². The van der Waals surface area contributed by atoms with Gasteiger partial charge in [-0.2, -0.15) is 5.10 Å². The number of halogens is 3. The number of hydrogen-bond donors (Lipinski definition) is 0. The number of rotatable bonds is 4. The van der Waals surface area contributed by atoms with Crippen LogP contribution in [-0.4, -0.2) is 34.5 Å². The van der Waals surface area contributed by atoms with Crippen molar-refractivity contribution in [3.8, 4) is 5.75 Å². The zero-order chi connectivity index (χ0) is 19.2. The molecule has 140 valence electrons. The molecule has 0 N–H and O–H groups in total. The van der Waals surface area contributed by atoms with E-state index in [1.165, 1.54) is 12.1 Å². The van der Waals surface area contributed by atoms with Gasteiger partial charge in [0.15, 0.2) is 0 Å². The van der Waals surface area contributed by atoms with E-state index >= 15 is 0 Å². The summed E-state index contributed by atoms with van der Waals surface area (Å²) in [5.74, 6) is -0.250. The molecule has 0 atom stereocenters. The molecule has 3 rings (SSSR count). The third kappa shape index (κ3) is 4.04. The maximum atomic E-state index is 12.2. The van der Waals surface area contributed by atoms with Gasteiger partial charge in [0.2, 0.25) is 0 Å². The molecular formula is C17H20BF3N2O3. The highest BCUT2D eigenvalue weighted by molar-refractivity contribution is 6.61. The molecule has 0 bridgehead atoms. The van der Waals surface area contributed by atoms with Gasteiger partial charge in [-0.3, -0.25) is 4.68 Å². The van der Waals surface area contributed by atoms with E-state index in [2.05, 4.69) is 9.84 Å². The first-order valence-corrected chi connectivity index (χ1v) is 8.18. The van der Waals surface area contributed by atoms with E-state index in [1.807, 2.05) is 33.9 Å². The van der Waals surface area contributed by atoms with Crippen LogP contribution in [0.4, 0.5) is 13.2 Å². The van der Waals surface area contributed by atoms with Crippen LogP contribution < -0.4 is 10.2 Å². The van der Waals surface area contributed by atoms with Crippen LogP contribution in [0.1, 0.15) is 33.3 Å². The fourth-order valence-corrected chi connectivity index (χ4v) is 2.55. The van der Waals surface area contributed by atoms with E-state index in [9.17, 15) is 13.2 Å². The molecule has 0 radical (unpaired) electrons. The van der Waals surface area contributed by atoms with Gasteiger partial charge in [-0.05, 0) is 45.4 Å². The predicted octanol–water partition coefficient (Wildman–Crippen LogP) is 3.13. The second kappa shape index (κ2) is 6.31. The van der Waals surface area contributed by atoms with Crippen molar-refractivity contribution < 1.29 is 27.2 Å². The van der Waals surface area contributed by atoms with Gasteiger partial charge in [0, 0.05) is 17.9 Å². The van der Waals surface area contributed by atoms with Crippen molar-refractivity contribution >= 4 is 12.6 Å². The molecule has 1 aromatic heterocycles.